The van der Waals surface area contributed by atoms with Crippen molar-refractivity contribution in [3.8, 4) is 11.3 Å². The average molecular weight is 248 g/mol. The van der Waals surface area contributed by atoms with E-state index in [0.717, 1.165) is 16.8 Å². The largest absolute Gasteiger partial charge is 0.308 e. The second-order valence-corrected chi connectivity index (χ2v) is 4.29. The number of aromatic nitrogens is 2. The van der Waals surface area contributed by atoms with Crippen LogP contribution in [0.3, 0.4) is 0 Å². The van der Waals surface area contributed by atoms with Gasteiger partial charge in [-0.05, 0) is 5.56 Å². The van der Waals surface area contributed by atoms with E-state index in [1.807, 2.05) is 24.4 Å². The standard InChI is InChI=1S/C13H14ClN3/c1-10(14)7-15-8-12-9-16-17-13(12)11-5-3-2-4-6-11/h2-6,9,15H,1,7-8H2,(H,16,17). The van der Waals surface area contributed by atoms with Gasteiger partial charge in [0.15, 0.2) is 0 Å². The van der Waals surface area contributed by atoms with Crippen molar-refractivity contribution in [3.05, 3.63) is 53.7 Å². The molecular weight excluding hydrogens is 234 g/mol. The molecule has 0 amide bonds. The van der Waals surface area contributed by atoms with E-state index in [1.54, 1.807) is 0 Å². The van der Waals surface area contributed by atoms with Gasteiger partial charge >= 0.3 is 0 Å². The van der Waals surface area contributed by atoms with Crippen LogP contribution in [0.25, 0.3) is 11.3 Å². The predicted molar refractivity (Wildman–Crippen MR) is 70.7 cm³/mol. The van der Waals surface area contributed by atoms with Gasteiger partial charge in [0.2, 0.25) is 0 Å². The normalized spacial score (nSPS) is 10.4. The van der Waals surface area contributed by atoms with E-state index in [0.29, 0.717) is 18.1 Å². The lowest BCUT2D eigenvalue weighted by Gasteiger charge is -2.04. The summed E-state index contributed by atoms with van der Waals surface area (Å²) in [5, 5.41) is 10.9. The van der Waals surface area contributed by atoms with Gasteiger partial charge in [-0.25, -0.2) is 0 Å². The molecule has 0 bridgehead atoms. The molecule has 4 heteroatoms. The summed E-state index contributed by atoms with van der Waals surface area (Å²) in [6.07, 6.45) is 1.83. The Labute approximate surface area is 106 Å². The number of hydrogen-bond acceptors (Lipinski definition) is 2. The van der Waals surface area contributed by atoms with Crippen molar-refractivity contribution < 1.29 is 0 Å². The zero-order valence-corrected chi connectivity index (χ0v) is 10.2. The Morgan fingerprint density at radius 2 is 2.12 bits per heavy atom. The van der Waals surface area contributed by atoms with Crippen LogP contribution in [-0.4, -0.2) is 16.7 Å². The van der Waals surface area contributed by atoms with Crippen molar-refractivity contribution in [1.82, 2.24) is 15.5 Å². The summed E-state index contributed by atoms with van der Waals surface area (Å²) in [5.41, 5.74) is 3.29. The molecule has 0 atom stereocenters. The van der Waals surface area contributed by atoms with E-state index in [1.165, 1.54) is 0 Å². The molecule has 0 aliphatic carbocycles. The molecule has 0 saturated heterocycles. The lowest BCUT2D eigenvalue weighted by Crippen LogP contribution is -2.14. The monoisotopic (exact) mass is 247 g/mol. The first-order chi connectivity index (χ1) is 8.27. The Hall–Kier alpha value is -1.58. The average Bonchev–Trinajstić information content (AvgIpc) is 2.78. The fourth-order valence-corrected chi connectivity index (χ4v) is 1.73. The van der Waals surface area contributed by atoms with E-state index < -0.39 is 0 Å². The molecule has 1 aromatic carbocycles. The van der Waals surface area contributed by atoms with E-state index >= 15 is 0 Å². The van der Waals surface area contributed by atoms with Gasteiger partial charge in [0.25, 0.3) is 0 Å². The van der Waals surface area contributed by atoms with E-state index in [2.05, 4.69) is 34.2 Å². The van der Waals surface area contributed by atoms with Gasteiger partial charge in [0.05, 0.1) is 11.9 Å². The molecule has 0 spiro atoms. The highest BCUT2D eigenvalue weighted by molar-refractivity contribution is 6.29. The Bertz CT molecular complexity index is 490. The minimum Gasteiger partial charge on any atom is -0.308 e. The predicted octanol–water partition coefficient (Wildman–Crippen LogP) is 2.92. The Balaban J connectivity index is 2.10. The molecular formula is C13H14ClN3. The molecule has 1 heterocycles. The summed E-state index contributed by atoms with van der Waals surface area (Å²) in [4.78, 5) is 0. The topological polar surface area (TPSA) is 40.7 Å². The van der Waals surface area contributed by atoms with E-state index in [9.17, 15) is 0 Å². The number of benzene rings is 1. The van der Waals surface area contributed by atoms with Crippen molar-refractivity contribution in [3.63, 3.8) is 0 Å². The van der Waals surface area contributed by atoms with Gasteiger partial charge in [-0.2, -0.15) is 5.10 Å². The lowest BCUT2D eigenvalue weighted by atomic mass is 10.1. The Kier molecular flexibility index (Phi) is 3.96. The number of halogens is 1. The molecule has 2 N–H and O–H groups in total. The molecule has 1 aromatic heterocycles. The second-order valence-electron chi connectivity index (χ2n) is 3.76. The van der Waals surface area contributed by atoms with Crippen molar-refractivity contribution in [2.45, 2.75) is 6.54 Å². The maximum Gasteiger partial charge on any atom is 0.0695 e. The first-order valence-corrected chi connectivity index (χ1v) is 5.77. The summed E-state index contributed by atoms with van der Waals surface area (Å²) in [6.45, 7) is 4.95. The van der Waals surface area contributed by atoms with Crippen molar-refractivity contribution in [1.29, 1.82) is 0 Å². The molecule has 0 radical (unpaired) electrons. The maximum atomic E-state index is 5.69. The smallest absolute Gasteiger partial charge is 0.0695 e. The number of nitrogens with one attached hydrogen (secondary N) is 2. The summed E-state index contributed by atoms with van der Waals surface area (Å²) in [5.74, 6) is 0. The molecule has 0 fully saturated rings. The van der Waals surface area contributed by atoms with Crippen LogP contribution in [0.4, 0.5) is 0 Å². The highest BCUT2D eigenvalue weighted by Crippen LogP contribution is 2.20. The van der Waals surface area contributed by atoms with Gasteiger partial charge < -0.3 is 5.32 Å². The van der Waals surface area contributed by atoms with Gasteiger partial charge in [0, 0.05) is 23.7 Å². The summed E-state index contributed by atoms with van der Waals surface area (Å²) < 4.78 is 0. The van der Waals surface area contributed by atoms with Crippen LogP contribution in [0, 0.1) is 0 Å². The van der Waals surface area contributed by atoms with Gasteiger partial charge in [0.1, 0.15) is 0 Å². The lowest BCUT2D eigenvalue weighted by molar-refractivity contribution is 0.756. The second kappa shape index (κ2) is 5.66. The number of nitrogens with zero attached hydrogens (tertiary/aromatic N) is 1. The number of hydrogen-bond donors (Lipinski definition) is 2. The third-order valence-corrected chi connectivity index (χ3v) is 2.55. The van der Waals surface area contributed by atoms with Crippen LogP contribution >= 0.6 is 11.6 Å². The molecule has 0 aliphatic rings. The minimum absolute atomic E-state index is 0.598. The van der Waals surface area contributed by atoms with Crippen LogP contribution in [0.5, 0.6) is 0 Å². The van der Waals surface area contributed by atoms with Gasteiger partial charge in [-0.15, -0.1) is 0 Å². The third kappa shape index (κ3) is 3.19. The molecule has 0 aliphatic heterocycles. The quantitative estimate of drug-likeness (QED) is 0.853. The SMILES string of the molecule is C=C(Cl)CNCc1cn[nH]c1-c1ccccc1. The molecule has 3 nitrogen and oxygen atoms in total. The zero-order chi connectivity index (χ0) is 12.1. The van der Waals surface area contributed by atoms with Crippen LogP contribution < -0.4 is 5.32 Å². The number of aromatic amines is 1. The molecule has 2 aromatic rings. The maximum absolute atomic E-state index is 5.69. The minimum atomic E-state index is 0.598. The molecule has 17 heavy (non-hydrogen) atoms. The highest BCUT2D eigenvalue weighted by Gasteiger charge is 2.06. The van der Waals surface area contributed by atoms with E-state index in [-0.39, 0.29) is 0 Å². The third-order valence-electron chi connectivity index (χ3n) is 2.41. The first kappa shape index (κ1) is 11.9. The first-order valence-electron chi connectivity index (χ1n) is 5.39. The van der Waals surface area contributed by atoms with Crippen molar-refractivity contribution in [2.24, 2.45) is 0 Å². The van der Waals surface area contributed by atoms with Crippen molar-refractivity contribution >= 4 is 11.6 Å². The summed E-state index contributed by atoms with van der Waals surface area (Å²) in [6, 6.07) is 10.1. The fraction of sp³-hybridized carbons (Fsp3) is 0.154. The summed E-state index contributed by atoms with van der Waals surface area (Å²) in [7, 11) is 0. The van der Waals surface area contributed by atoms with Gasteiger partial charge in [-0.1, -0.05) is 48.5 Å². The van der Waals surface area contributed by atoms with Crippen LogP contribution in [0.2, 0.25) is 0 Å². The Morgan fingerprint density at radius 1 is 1.35 bits per heavy atom. The number of H-pyrrole nitrogens is 1. The van der Waals surface area contributed by atoms with Crippen LogP contribution in [0.1, 0.15) is 5.56 Å². The van der Waals surface area contributed by atoms with Gasteiger partial charge in [-0.3, -0.25) is 5.10 Å². The van der Waals surface area contributed by atoms with Crippen LogP contribution in [-0.2, 0) is 6.54 Å². The van der Waals surface area contributed by atoms with Crippen molar-refractivity contribution in [2.75, 3.05) is 6.54 Å². The van der Waals surface area contributed by atoms with Crippen LogP contribution in [0.15, 0.2) is 48.1 Å². The highest BCUT2D eigenvalue weighted by atomic mass is 35.5. The summed E-state index contributed by atoms with van der Waals surface area (Å²) >= 11 is 5.69. The zero-order valence-electron chi connectivity index (χ0n) is 9.41. The van der Waals surface area contributed by atoms with E-state index in [4.69, 9.17) is 11.6 Å². The molecule has 0 unspecified atom stereocenters. The molecule has 2 rings (SSSR count). The molecule has 0 saturated carbocycles. The Morgan fingerprint density at radius 3 is 2.82 bits per heavy atom. The fourth-order valence-electron chi connectivity index (χ4n) is 1.63. The molecule has 88 valence electrons. The number of rotatable bonds is 5.